The molecule has 2 heterocycles. The Bertz CT molecular complexity index is 1050. The fourth-order valence-corrected chi connectivity index (χ4v) is 5.72. The summed E-state index contributed by atoms with van der Waals surface area (Å²) in [6, 6.07) is 1.06. The van der Waals surface area contributed by atoms with Crippen molar-refractivity contribution in [2.45, 2.75) is 37.2 Å². The Morgan fingerprint density at radius 1 is 1.28 bits per heavy atom. The van der Waals surface area contributed by atoms with Gasteiger partial charge in [-0.25, -0.2) is 27.3 Å². The van der Waals surface area contributed by atoms with Crippen molar-refractivity contribution in [2.75, 3.05) is 12.3 Å². The second kappa shape index (κ2) is 9.25. The van der Waals surface area contributed by atoms with Crippen LogP contribution in [0.4, 0.5) is 14.6 Å². The van der Waals surface area contributed by atoms with E-state index in [4.69, 9.17) is 25.2 Å². The molecule has 2 unspecified atom stereocenters. The maximum absolute atomic E-state index is 14.7. The molecule has 0 spiro atoms. The molecule has 0 bridgehead atoms. The molecule has 2 rings (SSSR count). The molecule has 0 radical (unpaired) electrons. The molecule has 1 saturated heterocycles. The Labute approximate surface area is 177 Å². The zero-order valence-electron chi connectivity index (χ0n) is 15.7. The van der Waals surface area contributed by atoms with E-state index in [1.54, 1.807) is 0 Å². The van der Waals surface area contributed by atoms with Gasteiger partial charge in [-0.3, -0.25) is 9.09 Å². The van der Waals surface area contributed by atoms with Crippen molar-refractivity contribution in [1.82, 2.24) is 9.55 Å². The number of aliphatic hydroxyl groups is 1. The first-order valence-electron chi connectivity index (χ1n) is 8.16. The molecular formula is C11H18F2N3O13P3. The lowest BCUT2D eigenvalue weighted by Gasteiger charge is -2.33. The minimum absolute atomic E-state index is 0.238. The number of phosphoric acid groups is 3. The zero-order valence-corrected chi connectivity index (χ0v) is 18.4. The summed E-state index contributed by atoms with van der Waals surface area (Å²) in [5.74, 6) is -0.238. The van der Waals surface area contributed by atoms with Crippen molar-refractivity contribution in [3.8, 4) is 0 Å². The number of halogens is 2. The first kappa shape index (κ1) is 27.1. The van der Waals surface area contributed by atoms with Crippen molar-refractivity contribution in [3.05, 3.63) is 22.7 Å². The van der Waals surface area contributed by atoms with Gasteiger partial charge in [0.05, 0.1) is 6.61 Å². The van der Waals surface area contributed by atoms with Crippen LogP contribution in [0.5, 0.6) is 0 Å². The summed E-state index contributed by atoms with van der Waals surface area (Å²) in [6.07, 6.45) is -8.32. The average Bonchev–Trinajstić information content (AvgIpc) is 2.83. The van der Waals surface area contributed by atoms with Crippen molar-refractivity contribution < 1.29 is 65.0 Å². The molecule has 7 atom stereocenters. The molecule has 1 aliphatic heterocycles. The van der Waals surface area contributed by atoms with Gasteiger partial charge in [-0.05, 0) is 13.0 Å². The SMILES string of the molecule is C[C@H](F)[C@]1(COP(=O)(O)OP(=O)(O)OP(=O)(O)O)O[C@@H](n2ccc(N)nc2=O)[C@@H](F)[C@H]1O. The summed E-state index contributed by atoms with van der Waals surface area (Å²) < 4.78 is 79.9. The predicted octanol–water partition coefficient (Wildman–Crippen LogP) is -0.507. The maximum atomic E-state index is 14.7. The van der Waals surface area contributed by atoms with Crippen LogP contribution in [0.1, 0.15) is 13.2 Å². The van der Waals surface area contributed by atoms with Gasteiger partial charge >= 0.3 is 29.2 Å². The van der Waals surface area contributed by atoms with Crippen LogP contribution in [0.2, 0.25) is 0 Å². The van der Waals surface area contributed by atoms with Gasteiger partial charge in [0.15, 0.2) is 18.0 Å². The molecular weight excluding hydrogens is 513 g/mol. The highest BCUT2D eigenvalue weighted by atomic mass is 31.3. The molecule has 184 valence electrons. The van der Waals surface area contributed by atoms with Gasteiger partial charge in [0.25, 0.3) is 0 Å². The lowest BCUT2D eigenvalue weighted by molar-refractivity contribution is -0.158. The molecule has 1 aromatic rings. The highest BCUT2D eigenvalue weighted by Gasteiger charge is 2.60. The summed E-state index contributed by atoms with van der Waals surface area (Å²) in [6.45, 7) is -0.758. The molecule has 1 fully saturated rings. The topological polar surface area (TPSA) is 250 Å². The second-order valence-corrected chi connectivity index (χ2v) is 10.8. The predicted molar refractivity (Wildman–Crippen MR) is 97.1 cm³/mol. The van der Waals surface area contributed by atoms with Gasteiger partial charge in [-0.15, -0.1) is 0 Å². The smallest absolute Gasteiger partial charge is 0.387 e. The number of rotatable bonds is 9. The minimum Gasteiger partial charge on any atom is -0.387 e. The maximum Gasteiger partial charge on any atom is 0.490 e. The third-order valence-corrected chi connectivity index (χ3v) is 7.87. The number of aliphatic hydroxyl groups excluding tert-OH is 1. The minimum atomic E-state index is -5.88. The second-order valence-electron chi connectivity index (χ2n) is 6.38. The molecule has 16 nitrogen and oxygen atoms in total. The van der Waals surface area contributed by atoms with E-state index in [1.165, 1.54) is 0 Å². The van der Waals surface area contributed by atoms with Crippen LogP contribution >= 0.6 is 23.5 Å². The Hall–Kier alpha value is -1.13. The summed E-state index contributed by atoms with van der Waals surface area (Å²) in [7, 11) is -17.3. The quantitative estimate of drug-likeness (QED) is 0.220. The van der Waals surface area contributed by atoms with E-state index in [-0.39, 0.29) is 5.82 Å². The summed E-state index contributed by atoms with van der Waals surface area (Å²) in [5, 5.41) is 10.2. The van der Waals surface area contributed by atoms with Crippen molar-refractivity contribution >= 4 is 29.3 Å². The normalized spacial score (nSPS) is 31.1. The van der Waals surface area contributed by atoms with Crippen LogP contribution in [0, 0.1) is 0 Å². The van der Waals surface area contributed by atoms with Gasteiger partial charge < -0.3 is 35.2 Å². The van der Waals surface area contributed by atoms with E-state index in [0.717, 1.165) is 19.2 Å². The third-order valence-electron chi connectivity index (χ3n) is 4.08. The number of aromatic nitrogens is 2. The van der Waals surface area contributed by atoms with E-state index in [1.807, 2.05) is 0 Å². The van der Waals surface area contributed by atoms with Gasteiger partial charge in [0.1, 0.15) is 18.1 Å². The number of phosphoric ester groups is 1. The van der Waals surface area contributed by atoms with Gasteiger partial charge in [0, 0.05) is 6.20 Å². The lowest BCUT2D eigenvalue weighted by atomic mass is 9.92. The van der Waals surface area contributed by atoms with E-state index in [0.29, 0.717) is 4.57 Å². The lowest BCUT2D eigenvalue weighted by Crippen LogP contribution is -2.52. The number of anilines is 1. The molecule has 1 aromatic heterocycles. The van der Waals surface area contributed by atoms with Crippen LogP contribution in [-0.2, 0) is 31.6 Å². The van der Waals surface area contributed by atoms with Crippen LogP contribution in [0.3, 0.4) is 0 Å². The Balaban J connectivity index is 2.27. The average molecular weight is 531 g/mol. The van der Waals surface area contributed by atoms with Crippen LogP contribution < -0.4 is 11.4 Å². The number of hydrogen-bond acceptors (Lipinski definition) is 11. The van der Waals surface area contributed by atoms with Gasteiger partial charge in [-0.1, -0.05) is 0 Å². The molecule has 1 aliphatic rings. The molecule has 0 amide bonds. The molecule has 21 heteroatoms. The first-order valence-corrected chi connectivity index (χ1v) is 12.7. The number of hydrogen-bond donors (Lipinski definition) is 6. The Morgan fingerprint density at radius 2 is 1.88 bits per heavy atom. The van der Waals surface area contributed by atoms with Crippen molar-refractivity contribution in [1.29, 1.82) is 0 Å². The molecule has 0 aromatic carbocycles. The molecule has 0 saturated carbocycles. The third kappa shape index (κ3) is 6.26. The van der Waals surface area contributed by atoms with E-state index < -0.39 is 66.0 Å². The Morgan fingerprint density at radius 3 is 2.38 bits per heavy atom. The number of nitrogens with zero attached hydrogens (tertiary/aromatic N) is 2. The van der Waals surface area contributed by atoms with Gasteiger partial charge in [0.2, 0.25) is 0 Å². The molecule has 0 aliphatic carbocycles. The highest BCUT2D eigenvalue weighted by molar-refractivity contribution is 7.66. The monoisotopic (exact) mass is 531 g/mol. The summed E-state index contributed by atoms with van der Waals surface area (Å²) in [5.41, 5.74) is 1.42. The Kier molecular flexibility index (Phi) is 7.84. The highest BCUT2D eigenvalue weighted by Crippen LogP contribution is 2.66. The number of nitrogens with two attached hydrogens (primary N) is 1. The van der Waals surface area contributed by atoms with E-state index in [9.17, 15) is 37.3 Å². The van der Waals surface area contributed by atoms with Crippen molar-refractivity contribution in [3.63, 3.8) is 0 Å². The molecule has 7 N–H and O–H groups in total. The summed E-state index contributed by atoms with van der Waals surface area (Å²) >= 11 is 0. The van der Waals surface area contributed by atoms with Crippen LogP contribution in [0.15, 0.2) is 17.1 Å². The van der Waals surface area contributed by atoms with E-state index in [2.05, 4.69) is 18.1 Å². The van der Waals surface area contributed by atoms with Crippen LogP contribution in [0.25, 0.3) is 0 Å². The van der Waals surface area contributed by atoms with Crippen molar-refractivity contribution in [2.24, 2.45) is 0 Å². The fourth-order valence-electron chi connectivity index (χ4n) is 2.66. The number of nitrogen functional groups attached to an aromatic ring is 1. The van der Waals surface area contributed by atoms with Crippen LogP contribution in [-0.4, -0.2) is 64.9 Å². The van der Waals surface area contributed by atoms with Gasteiger partial charge in [-0.2, -0.15) is 13.6 Å². The first-order chi connectivity index (χ1) is 14.4. The fraction of sp³-hybridized carbons (Fsp3) is 0.636. The zero-order chi connectivity index (χ0) is 24.7. The number of ether oxygens (including phenoxy) is 1. The summed E-state index contributed by atoms with van der Waals surface area (Å²) in [4.78, 5) is 50.9. The molecule has 32 heavy (non-hydrogen) atoms. The van der Waals surface area contributed by atoms with E-state index >= 15 is 0 Å². The number of alkyl halides is 2. The standard InChI is InChI=1S/C11H18F2N3O13P3/c1-5(12)11(4-26-31(22,23)29-32(24,25)28-30(19,20)21)8(17)7(13)9(27-11)16-3-2-6(14)15-10(16)18/h2-3,5,7-9,17H,4H2,1H3,(H,22,23)(H,24,25)(H2,14,15,18)(H2,19,20,21)/t5-,7-,8+,9+,11-/m0/s1. The largest absolute Gasteiger partial charge is 0.490 e.